The Morgan fingerprint density at radius 1 is 0.957 bits per heavy atom. The summed E-state index contributed by atoms with van der Waals surface area (Å²) in [5.41, 5.74) is 5.78. The van der Waals surface area contributed by atoms with Gasteiger partial charge in [0.2, 0.25) is 5.91 Å². The van der Waals surface area contributed by atoms with E-state index in [1.807, 2.05) is 4.90 Å². The van der Waals surface area contributed by atoms with Gasteiger partial charge in [-0.2, -0.15) is 0 Å². The molecule has 0 bridgehead atoms. The molecule has 0 unspecified atom stereocenters. The van der Waals surface area contributed by atoms with E-state index in [2.05, 4.69) is 11.8 Å². The predicted octanol–water partition coefficient (Wildman–Crippen LogP) is 2.82. The van der Waals surface area contributed by atoms with Crippen LogP contribution in [0, 0.1) is 5.92 Å². The number of halogens is 2. The highest BCUT2D eigenvalue weighted by Crippen LogP contribution is 2.31. The van der Waals surface area contributed by atoms with Crippen molar-refractivity contribution in [1.29, 1.82) is 0 Å². The van der Waals surface area contributed by atoms with Crippen LogP contribution in [0.1, 0.15) is 58.3 Å². The summed E-state index contributed by atoms with van der Waals surface area (Å²) < 4.78 is 0. The molecular weight excluding hydrogens is 333 g/mol. The number of carbonyl (C=O) groups is 1. The number of hydrogen-bond acceptors (Lipinski definition) is 3. The van der Waals surface area contributed by atoms with Crippen LogP contribution in [0.3, 0.4) is 0 Å². The topological polar surface area (TPSA) is 49.6 Å². The lowest BCUT2D eigenvalue weighted by Gasteiger charge is -2.43. The SMILES string of the molecule is CC1CCC(N2CCN(C(=O)C3(N)CCCC3)CC2)CC1.Cl.Cl. The van der Waals surface area contributed by atoms with Crippen molar-refractivity contribution in [2.24, 2.45) is 11.7 Å². The summed E-state index contributed by atoms with van der Waals surface area (Å²) in [6.45, 7) is 6.21. The molecule has 136 valence electrons. The summed E-state index contributed by atoms with van der Waals surface area (Å²) in [5.74, 6) is 1.13. The van der Waals surface area contributed by atoms with Crippen LogP contribution in [0.2, 0.25) is 0 Å². The quantitative estimate of drug-likeness (QED) is 0.818. The van der Waals surface area contributed by atoms with E-state index in [1.54, 1.807) is 0 Å². The van der Waals surface area contributed by atoms with Crippen LogP contribution in [-0.2, 0) is 4.79 Å². The van der Waals surface area contributed by atoms with Crippen molar-refractivity contribution >= 4 is 30.7 Å². The van der Waals surface area contributed by atoms with Crippen molar-refractivity contribution in [2.45, 2.75) is 69.9 Å². The fourth-order valence-corrected chi connectivity index (χ4v) is 4.43. The van der Waals surface area contributed by atoms with E-state index in [0.29, 0.717) is 0 Å². The summed E-state index contributed by atoms with van der Waals surface area (Å²) in [6, 6.07) is 0.761. The summed E-state index contributed by atoms with van der Waals surface area (Å²) in [7, 11) is 0. The number of piperazine rings is 1. The Bertz CT molecular complexity index is 372. The maximum absolute atomic E-state index is 12.6. The monoisotopic (exact) mass is 365 g/mol. The molecule has 1 amide bonds. The molecule has 0 aromatic heterocycles. The maximum atomic E-state index is 12.6. The van der Waals surface area contributed by atoms with Gasteiger partial charge in [-0.05, 0) is 44.4 Å². The maximum Gasteiger partial charge on any atom is 0.242 e. The molecule has 2 aliphatic carbocycles. The van der Waals surface area contributed by atoms with Gasteiger partial charge >= 0.3 is 0 Å². The standard InChI is InChI=1S/C17H31N3O.2ClH/c1-14-4-6-15(7-5-14)19-10-12-20(13-11-19)16(21)17(18)8-2-3-9-17;;/h14-15H,2-13,18H2,1H3;2*1H. The van der Waals surface area contributed by atoms with E-state index in [9.17, 15) is 4.79 Å². The Kier molecular flexibility index (Phi) is 8.12. The zero-order valence-corrected chi connectivity index (χ0v) is 16.0. The van der Waals surface area contributed by atoms with E-state index in [-0.39, 0.29) is 30.7 Å². The Hall–Kier alpha value is -0.0300. The van der Waals surface area contributed by atoms with Crippen molar-refractivity contribution in [1.82, 2.24) is 9.80 Å². The van der Waals surface area contributed by atoms with Gasteiger partial charge in [0.15, 0.2) is 0 Å². The molecule has 0 aromatic rings. The third kappa shape index (κ3) is 4.75. The van der Waals surface area contributed by atoms with Crippen LogP contribution in [0.5, 0.6) is 0 Å². The van der Waals surface area contributed by atoms with Gasteiger partial charge in [0.1, 0.15) is 0 Å². The predicted molar refractivity (Wildman–Crippen MR) is 99.5 cm³/mol. The smallest absolute Gasteiger partial charge is 0.242 e. The molecule has 0 spiro atoms. The molecule has 3 aliphatic rings. The second-order valence-corrected chi connectivity index (χ2v) is 7.61. The van der Waals surface area contributed by atoms with Crippen molar-refractivity contribution in [3.63, 3.8) is 0 Å². The van der Waals surface area contributed by atoms with Crippen LogP contribution in [-0.4, -0.2) is 53.5 Å². The van der Waals surface area contributed by atoms with Gasteiger partial charge < -0.3 is 10.6 Å². The molecule has 1 saturated heterocycles. The normalized spacial score (nSPS) is 31.1. The highest BCUT2D eigenvalue weighted by atomic mass is 35.5. The second-order valence-electron chi connectivity index (χ2n) is 7.61. The Labute approximate surface area is 153 Å². The number of carbonyl (C=O) groups excluding carboxylic acids is 1. The first-order valence-electron chi connectivity index (χ1n) is 8.91. The van der Waals surface area contributed by atoms with Gasteiger partial charge in [-0.15, -0.1) is 24.8 Å². The van der Waals surface area contributed by atoms with E-state index in [0.717, 1.165) is 63.8 Å². The molecule has 0 aromatic carbocycles. The number of amides is 1. The fraction of sp³-hybridized carbons (Fsp3) is 0.941. The number of hydrogen-bond donors (Lipinski definition) is 1. The van der Waals surface area contributed by atoms with Crippen LogP contribution < -0.4 is 5.73 Å². The molecule has 3 fully saturated rings. The molecule has 23 heavy (non-hydrogen) atoms. The highest BCUT2D eigenvalue weighted by molar-refractivity contribution is 5.86. The van der Waals surface area contributed by atoms with Crippen LogP contribution in [0.15, 0.2) is 0 Å². The third-order valence-electron chi connectivity index (χ3n) is 6.02. The Morgan fingerprint density at radius 2 is 1.48 bits per heavy atom. The molecule has 0 atom stereocenters. The van der Waals surface area contributed by atoms with Gasteiger partial charge in [0, 0.05) is 32.2 Å². The van der Waals surface area contributed by atoms with E-state index < -0.39 is 5.54 Å². The molecule has 0 radical (unpaired) electrons. The van der Waals surface area contributed by atoms with Crippen molar-refractivity contribution in [2.75, 3.05) is 26.2 Å². The van der Waals surface area contributed by atoms with Crippen molar-refractivity contribution in [3.05, 3.63) is 0 Å². The zero-order valence-electron chi connectivity index (χ0n) is 14.3. The van der Waals surface area contributed by atoms with Gasteiger partial charge in [-0.25, -0.2) is 0 Å². The molecule has 3 rings (SSSR count). The Balaban J connectivity index is 0.00000132. The minimum absolute atomic E-state index is 0. The average Bonchev–Trinajstić information content (AvgIpc) is 2.96. The largest absolute Gasteiger partial charge is 0.339 e. The zero-order chi connectivity index (χ0) is 14.9. The molecule has 1 heterocycles. The molecular formula is C17H33Cl2N3O. The molecule has 1 aliphatic heterocycles. The van der Waals surface area contributed by atoms with Gasteiger partial charge in [-0.1, -0.05) is 19.8 Å². The van der Waals surface area contributed by atoms with Gasteiger partial charge in [-0.3, -0.25) is 9.69 Å². The van der Waals surface area contributed by atoms with E-state index >= 15 is 0 Å². The van der Waals surface area contributed by atoms with Crippen LogP contribution in [0.25, 0.3) is 0 Å². The third-order valence-corrected chi connectivity index (χ3v) is 6.02. The lowest BCUT2D eigenvalue weighted by molar-refractivity contribution is -0.139. The minimum atomic E-state index is -0.539. The Morgan fingerprint density at radius 3 is 2.00 bits per heavy atom. The number of nitrogens with two attached hydrogens (primary N) is 1. The summed E-state index contributed by atoms with van der Waals surface area (Å²) >= 11 is 0. The molecule has 6 heteroatoms. The van der Waals surface area contributed by atoms with Crippen LogP contribution in [0.4, 0.5) is 0 Å². The first-order chi connectivity index (χ1) is 10.1. The first kappa shape index (κ1) is 21.0. The lowest BCUT2D eigenvalue weighted by atomic mass is 9.86. The van der Waals surface area contributed by atoms with Crippen LogP contribution >= 0.6 is 24.8 Å². The second kappa shape index (κ2) is 8.89. The lowest BCUT2D eigenvalue weighted by Crippen LogP contribution is -2.59. The number of rotatable bonds is 2. The molecule has 2 saturated carbocycles. The number of nitrogens with zero attached hydrogens (tertiary/aromatic N) is 2. The average molecular weight is 366 g/mol. The van der Waals surface area contributed by atoms with Gasteiger partial charge in [0.05, 0.1) is 5.54 Å². The first-order valence-corrected chi connectivity index (χ1v) is 8.91. The van der Waals surface area contributed by atoms with Gasteiger partial charge in [0.25, 0.3) is 0 Å². The summed E-state index contributed by atoms with van der Waals surface area (Å²) in [4.78, 5) is 17.3. The molecule has 2 N–H and O–H groups in total. The summed E-state index contributed by atoms with van der Waals surface area (Å²) in [6.07, 6.45) is 9.42. The molecule has 4 nitrogen and oxygen atoms in total. The van der Waals surface area contributed by atoms with Crippen molar-refractivity contribution in [3.8, 4) is 0 Å². The fourth-order valence-electron chi connectivity index (χ4n) is 4.43. The minimum Gasteiger partial charge on any atom is -0.339 e. The van der Waals surface area contributed by atoms with Crippen molar-refractivity contribution < 1.29 is 4.79 Å². The van der Waals surface area contributed by atoms with E-state index in [4.69, 9.17) is 5.73 Å². The summed E-state index contributed by atoms with van der Waals surface area (Å²) in [5, 5.41) is 0. The van der Waals surface area contributed by atoms with E-state index in [1.165, 1.54) is 25.7 Å². The highest BCUT2D eigenvalue weighted by Gasteiger charge is 2.41.